The molecular formula is C16H10N6O2S. The van der Waals surface area contributed by atoms with Gasteiger partial charge in [0.25, 0.3) is 0 Å². The second kappa shape index (κ2) is 6.29. The molecule has 0 aliphatic heterocycles. The fourth-order valence-electron chi connectivity index (χ4n) is 2.37. The Bertz CT molecular complexity index is 1070. The lowest BCUT2D eigenvalue weighted by Crippen LogP contribution is -2.07. The maximum Gasteiger partial charge on any atom is 0.346 e. The van der Waals surface area contributed by atoms with Crippen molar-refractivity contribution in [2.45, 2.75) is 9.92 Å². The van der Waals surface area contributed by atoms with Crippen LogP contribution in [0.15, 0.2) is 70.8 Å². The number of aromatic nitrogens is 5. The van der Waals surface area contributed by atoms with Gasteiger partial charge in [-0.3, -0.25) is 10.1 Å². The number of hydrogen-bond donors (Lipinski definition) is 0. The first-order chi connectivity index (χ1) is 12.2. The summed E-state index contributed by atoms with van der Waals surface area (Å²) in [7, 11) is 0. The van der Waals surface area contributed by atoms with Gasteiger partial charge < -0.3 is 0 Å². The number of hydrogen-bond acceptors (Lipinski definition) is 7. The summed E-state index contributed by atoms with van der Waals surface area (Å²) in [5, 5.41) is 20.0. The Hall–Kier alpha value is -3.33. The normalized spacial score (nSPS) is 10.9. The first-order valence-electron chi connectivity index (χ1n) is 7.27. The molecule has 2 heterocycles. The van der Waals surface area contributed by atoms with Crippen LogP contribution in [0, 0.1) is 10.1 Å². The molecular weight excluding hydrogens is 340 g/mol. The molecule has 25 heavy (non-hydrogen) atoms. The molecule has 9 heteroatoms. The first kappa shape index (κ1) is 15.2. The third-order valence-electron chi connectivity index (χ3n) is 3.46. The van der Waals surface area contributed by atoms with Crippen LogP contribution in [0.25, 0.3) is 16.9 Å². The molecule has 4 aromatic rings. The molecule has 0 N–H and O–H groups in total. The summed E-state index contributed by atoms with van der Waals surface area (Å²) < 4.78 is 1.37. The van der Waals surface area contributed by atoms with Crippen LogP contribution in [0.1, 0.15) is 0 Å². The van der Waals surface area contributed by atoms with Gasteiger partial charge in [-0.05, 0) is 24.3 Å². The molecule has 0 bridgehead atoms. The second-order valence-electron chi connectivity index (χ2n) is 5.01. The molecule has 0 saturated heterocycles. The minimum atomic E-state index is -0.489. The van der Waals surface area contributed by atoms with Crippen molar-refractivity contribution in [3.05, 3.63) is 71.0 Å². The third-order valence-corrected chi connectivity index (χ3v) is 4.46. The SMILES string of the molecule is O=[N+]([O-])c1c(Sc2ccccc2)ncnc1-n1nnc2ccccc21. The average molecular weight is 350 g/mol. The van der Waals surface area contributed by atoms with E-state index < -0.39 is 4.92 Å². The topological polar surface area (TPSA) is 99.6 Å². The molecule has 0 unspecified atom stereocenters. The third kappa shape index (κ3) is 2.81. The van der Waals surface area contributed by atoms with Gasteiger partial charge in [-0.2, -0.15) is 4.68 Å². The number of rotatable bonds is 4. The lowest BCUT2D eigenvalue weighted by atomic mass is 10.3. The highest BCUT2D eigenvalue weighted by atomic mass is 32.2. The van der Waals surface area contributed by atoms with E-state index in [9.17, 15) is 10.1 Å². The van der Waals surface area contributed by atoms with Crippen LogP contribution in [0.5, 0.6) is 0 Å². The molecule has 0 amide bonds. The van der Waals surface area contributed by atoms with Gasteiger partial charge in [0.1, 0.15) is 11.8 Å². The largest absolute Gasteiger partial charge is 0.346 e. The van der Waals surface area contributed by atoms with Crippen LogP contribution in [0.4, 0.5) is 5.69 Å². The molecule has 0 aliphatic carbocycles. The van der Waals surface area contributed by atoms with E-state index in [1.165, 1.54) is 22.8 Å². The van der Waals surface area contributed by atoms with Crippen molar-refractivity contribution >= 4 is 28.5 Å². The van der Waals surface area contributed by atoms with Gasteiger partial charge in [-0.25, -0.2) is 9.97 Å². The molecule has 0 fully saturated rings. The average Bonchev–Trinajstić information content (AvgIpc) is 3.06. The van der Waals surface area contributed by atoms with Gasteiger partial charge in [-0.1, -0.05) is 47.3 Å². The Morgan fingerprint density at radius 3 is 2.56 bits per heavy atom. The Balaban J connectivity index is 1.89. The quantitative estimate of drug-likeness (QED) is 0.316. The number of benzene rings is 2. The second-order valence-corrected chi connectivity index (χ2v) is 6.08. The van der Waals surface area contributed by atoms with Crippen LogP contribution < -0.4 is 0 Å². The summed E-state index contributed by atoms with van der Waals surface area (Å²) in [6.45, 7) is 0. The fraction of sp³-hybridized carbons (Fsp3) is 0. The Morgan fingerprint density at radius 2 is 1.76 bits per heavy atom. The van der Waals surface area contributed by atoms with E-state index >= 15 is 0 Å². The van der Waals surface area contributed by atoms with Crippen LogP contribution in [0.2, 0.25) is 0 Å². The lowest BCUT2D eigenvalue weighted by molar-refractivity contribution is -0.388. The standard InChI is InChI=1S/C16H10N6O2S/c23-22(24)14-15(21-13-9-5-4-8-12(13)19-20-21)17-10-18-16(14)25-11-6-2-1-3-7-11/h1-10H. The highest BCUT2D eigenvalue weighted by molar-refractivity contribution is 7.99. The summed E-state index contributed by atoms with van der Waals surface area (Å²) in [5.41, 5.74) is 1.07. The summed E-state index contributed by atoms with van der Waals surface area (Å²) in [6.07, 6.45) is 1.30. The Kier molecular flexibility index (Phi) is 3.82. The van der Waals surface area contributed by atoms with E-state index in [-0.39, 0.29) is 16.5 Å². The van der Waals surface area contributed by atoms with Crippen molar-refractivity contribution in [3.8, 4) is 5.82 Å². The van der Waals surface area contributed by atoms with E-state index in [4.69, 9.17) is 0 Å². The van der Waals surface area contributed by atoms with E-state index in [1.54, 1.807) is 12.1 Å². The Labute approximate surface area is 145 Å². The van der Waals surface area contributed by atoms with Crippen LogP contribution in [0.3, 0.4) is 0 Å². The molecule has 0 spiro atoms. The zero-order chi connectivity index (χ0) is 17.2. The van der Waals surface area contributed by atoms with Crippen LogP contribution in [-0.2, 0) is 0 Å². The van der Waals surface area contributed by atoms with E-state index in [0.29, 0.717) is 11.0 Å². The van der Waals surface area contributed by atoms with Gasteiger partial charge in [-0.15, -0.1) is 5.10 Å². The van der Waals surface area contributed by atoms with Crippen molar-refractivity contribution in [1.29, 1.82) is 0 Å². The molecule has 0 aliphatic rings. The summed E-state index contributed by atoms with van der Waals surface area (Å²) >= 11 is 1.21. The van der Waals surface area contributed by atoms with Crippen LogP contribution >= 0.6 is 11.8 Å². The van der Waals surface area contributed by atoms with Gasteiger partial charge >= 0.3 is 5.69 Å². The predicted octanol–water partition coefficient (Wildman–Crippen LogP) is 3.27. The fourth-order valence-corrected chi connectivity index (χ4v) is 3.25. The van der Waals surface area contributed by atoms with Crippen molar-refractivity contribution in [3.63, 3.8) is 0 Å². The highest BCUT2D eigenvalue weighted by Crippen LogP contribution is 2.35. The predicted molar refractivity (Wildman–Crippen MR) is 91.7 cm³/mol. The minimum absolute atomic E-state index is 0.0899. The summed E-state index contributed by atoms with van der Waals surface area (Å²) in [6, 6.07) is 16.5. The molecule has 2 aromatic carbocycles. The summed E-state index contributed by atoms with van der Waals surface area (Å²) in [4.78, 5) is 20.3. The van der Waals surface area contributed by atoms with E-state index in [1.807, 2.05) is 42.5 Å². The van der Waals surface area contributed by atoms with Gasteiger partial charge in [0.2, 0.25) is 5.82 Å². The molecule has 0 saturated carbocycles. The Morgan fingerprint density at radius 1 is 1.00 bits per heavy atom. The minimum Gasteiger partial charge on any atom is -0.258 e. The zero-order valence-corrected chi connectivity index (χ0v) is 13.5. The lowest BCUT2D eigenvalue weighted by Gasteiger charge is -2.06. The maximum atomic E-state index is 11.7. The number of para-hydroxylation sites is 1. The van der Waals surface area contributed by atoms with E-state index in [0.717, 1.165) is 4.90 Å². The number of nitrogens with zero attached hydrogens (tertiary/aromatic N) is 6. The molecule has 8 nitrogen and oxygen atoms in total. The van der Waals surface area contributed by atoms with Crippen molar-refractivity contribution in [1.82, 2.24) is 25.0 Å². The molecule has 0 radical (unpaired) electrons. The van der Waals surface area contributed by atoms with Crippen molar-refractivity contribution in [2.24, 2.45) is 0 Å². The molecule has 4 rings (SSSR count). The van der Waals surface area contributed by atoms with Gasteiger partial charge in [0.15, 0.2) is 5.03 Å². The number of nitro groups is 1. The van der Waals surface area contributed by atoms with E-state index in [2.05, 4.69) is 20.3 Å². The molecule has 2 aromatic heterocycles. The van der Waals surface area contributed by atoms with Crippen molar-refractivity contribution < 1.29 is 4.92 Å². The maximum absolute atomic E-state index is 11.7. The molecule has 0 atom stereocenters. The van der Waals surface area contributed by atoms with Crippen molar-refractivity contribution in [2.75, 3.05) is 0 Å². The smallest absolute Gasteiger partial charge is 0.258 e. The first-order valence-corrected chi connectivity index (χ1v) is 8.09. The number of fused-ring (bicyclic) bond motifs is 1. The van der Waals surface area contributed by atoms with Gasteiger partial charge in [0.05, 0.1) is 10.4 Å². The van der Waals surface area contributed by atoms with Gasteiger partial charge in [0, 0.05) is 4.90 Å². The zero-order valence-electron chi connectivity index (χ0n) is 12.7. The highest BCUT2D eigenvalue weighted by Gasteiger charge is 2.26. The van der Waals surface area contributed by atoms with Crippen LogP contribution in [-0.4, -0.2) is 29.9 Å². The summed E-state index contributed by atoms with van der Waals surface area (Å²) in [5.74, 6) is 0.0899. The monoisotopic (exact) mass is 350 g/mol. The molecule has 122 valence electrons.